The van der Waals surface area contributed by atoms with E-state index in [0.29, 0.717) is 11.5 Å². The molecule has 4 rings (SSSR count). The Morgan fingerprint density at radius 1 is 1.21 bits per heavy atom. The highest BCUT2D eigenvalue weighted by atomic mass is 32.2. The summed E-state index contributed by atoms with van der Waals surface area (Å²) >= 11 is 0. The van der Waals surface area contributed by atoms with E-state index in [2.05, 4.69) is 47.4 Å². The Morgan fingerprint density at radius 2 is 1.97 bits per heavy atom. The van der Waals surface area contributed by atoms with Gasteiger partial charge in [0.1, 0.15) is 11.9 Å². The van der Waals surface area contributed by atoms with Gasteiger partial charge in [-0.15, -0.1) is 0 Å². The van der Waals surface area contributed by atoms with Gasteiger partial charge in [0.2, 0.25) is 0 Å². The van der Waals surface area contributed by atoms with E-state index < -0.39 is 34.5 Å². The van der Waals surface area contributed by atoms with Crippen molar-refractivity contribution in [1.82, 2.24) is 14.6 Å². The molecule has 5 N–H and O–H groups in total. The van der Waals surface area contributed by atoms with Crippen molar-refractivity contribution in [2.75, 3.05) is 11.9 Å². The van der Waals surface area contributed by atoms with Gasteiger partial charge in [-0.3, -0.25) is 4.18 Å². The van der Waals surface area contributed by atoms with Crippen molar-refractivity contribution in [3.63, 3.8) is 0 Å². The number of nitrogens with zero attached hydrogens (tertiary/aromatic N) is 3. The summed E-state index contributed by atoms with van der Waals surface area (Å²) in [7, 11) is -4.13. The van der Waals surface area contributed by atoms with Gasteiger partial charge in [0.05, 0.1) is 24.4 Å². The molecule has 4 atom stereocenters. The quantitative estimate of drug-likeness (QED) is 0.418. The van der Waals surface area contributed by atoms with Crippen LogP contribution in [0.5, 0.6) is 0 Å². The summed E-state index contributed by atoms with van der Waals surface area (Å²) in [5, 5.41) is 33.6. The molecule has 1 aliphatic rings. The molecular weight excluding hydrogens is 446 g/mol. The molecule has 0 radical (unpaired) electrons. The van der Waals surface area contributed by atoms with Crippen LogP contribution < -0.4 is 10.5 Å². The first-order valence-corrected chi connectivity index (χ1v) is 12.1. The van der Waals surface area contributed by atoms with E-state index in [0.717, 1.165) is 11.3 Å². The van der Waals surface area contributed by atoms with E-state index in [1.165, 1.54) is 5.56 Å². The van der Waals surface area contributed by atoms with Gasteiger partial charge in [0.25, 0.3) is 0 Å². The number of hydrogen-bond acceptors (Lipinski definition) is 8. The highest BCUT2D eigenvalue weighted by molar-refractivity contribution is 7.84. The molecule has 1 fully saturated rings. The Labute approximate surface area is 192 Å². The molecule has 1 aliphatic carbocycles. The molecule has 0 unspecified atom stereocenters. The zero-order valence-electron chi connectivity index (χ0n) is 18.7. The second-order valence-corrected chi connectivity index (χ2v) is 10.7. The fourth-order valence-electron chi connectivity index (χ4n) is 4.10. The fraction of sp³-hybridized carbons (Fsp3) is 0.455. The highest BCUT2D eigenvalue weighted by Gasteiger charge is 2.42. The van der Waals surface area contributed by atoms with Gasteiger partial charge in [0, 0.05) is 23.7 Å². The average Bonchev–Trinajstić information content (AvgIpc) is 3.29. The maximum absolute atomic E-state index is 11.1. The first kappa shape index (κ1) is 23.6. The van der Waals surface area contributed by atoms with Gasteiger partial charge in [-0.05, 0) is 29.5 Å². The summed E-state index contributed by atoms with van der Waals surface area (Å²) in [5.41, 5.74) is 3.55. The van der Waals surface area contributed by atoms with E-state index in [1.807, 2.05) is 18.2 Å². The minimum Gasteiger partial charge on any atom is -0.390 e. The minimum absolute atomic E-state index is 0.00304. The molecule has 1 saturated carbocycles. The number of aromatic nitrogens is 3. The standard InChI is InChI=1S/C22H29N5O5S/c1-22(2,3)15-6-4-5-13(9-15)16-11-19-24-8-7-18(27(19)26-16)25-17-10-14(20(28)21(17)29)12-32-33(23,30)31/h4-9,11,14,17,20-21,25,28-29H,10,12H2,1-3H3,(H2,23,30,31)/t14-,17-,20-,21+/m1/s1. The number of hydrogen-bond donors (Lipinski definition) is 4. The third kappa shape index (κ3) is 5.17. The number of aliphatic hydroxyl groups is 2. The molecule has 0 spiro atoms. The van der Waals surface area contributed by atoms with Gasteiger partial charge in [-0.25, -0.2) is 10.1 Å². The van der Waals surface area contributed by atoms with Crippen molar-refractivity contribution in [2.45, 2.75) is 50.9 Å². The minimum atomic E-state index is -4.13. The Bertz CT molecular complexity index is 1250. The predicted molar refractivity (Wildman–Crippen MR) is 124 cm³/mol. The molecule has 11 heteroatoms. The average molecular weight is 476 g/mol. The van der Waals surface area contributed by atoms with E-state index in [1.54, 1.807) is 16.8 Å². The maximum Gasteiger partial charge on any atom is 0.333 e. The van der Waals surface area contributed by atoms with E-state index in [4.69, 9.17) is 10.2 Å². The number of nitrogens with two attached hydrogens (primary N) is 1. The van der Waals surface area contributed by atoms with Gasteiger partial charge >= 0.3 is 10.3 Å². The Hall–Kier alpha value is -2.57. The number of aliphatic hydroxyl groups excluding tert-OH is 2. The van der Waals surface area contributed by atoms with Crippen LogP contribution in [0.25, 0.3) is 16.9 Å². The zero-order valence-corrected chi connectivity index (χ0v) is 19.5. The van der Waals surface area contributed by atoms with Crippen LogP contribution in [0.1, 0.15) is 32.8 Å². The Morgan fingerprint density at radius 3 is 2.67 bits per heavy atom. The summed E-state index contributed by atoms with van der Waals surface area (Å²) in [4.78, 5) is 4.39. The van der Waals surface area contributed by atoms with Crippen LogP contribution in [0.2, 0.25) is 0 Å². The molecule has 0 aliphatic heterocycles. The first-order valence-electron chi connectivity index (χ1n) is 10.7. The number of benzene rings is 1. The van der Waals surface area contributed by atoms with Crippen LogP contribution in [0.15, 0.2) is 42.6 Å². The third-order valence-electron chi connectivity index (χ3n) is 5.96. The van der Waals surface area contributed by atoms with Crippen molar-refractivity contribution in [1.29, 1.82) is 0 Å². The lowest BCUT2D eigenvalue weighted by atomic mass is 9.86. The van der Waals surface area contributed by atoms with Gasteiger partial charge < -0.3 is 15.5 Å². The van der Waals surface area contributed by atoms with Gasteiger partial charge in [0.15, 0.2) is 5.65 Å². The Kier molecular flexibility index (Phi) is 6.18. The monoisotopic (exact) mass is 475 g/mol. The molecule has 0 amide bonds. The topological polar surface area (TPSA) is 152 Å². The highest BCUT2D eigenvalue weighted by Crippen LogP contribution is 2.31. The molecule has 3 aromatic rings. The maximum atomic E-state index is 11.1. The van der Waals surface area contributed by atoms with Crippen molar-refractivity contribution in [3.8, 4) is 11.3 Å². The largest absolute Gasteiger partial charge is 0.390 e. The summed E-state index contributed by atoms with van der Waals surface area (Å²) < 4.78 is 28.4. The van der Waals surface area contributed by atoms with Crippen LogP contribution in [-0.2, 0) is 19.9 Å². The third-order valence-corrected chi connectivity index (χ3v) is 6.43. The van der Waals surface area contributed by atoms with Crippen molar-refractivity contribution in [3.05, 3.63) is 48.2 Å². The molecule has 1 aromatic carbocycles. The van der Waals surface area contributed by atoms with Crippen LogP contribution in [-0.4, -0.2) is 58.1 Å². The number of rotatable bonds is 6. The summed E-state index contributed by atoms with van der Waals surface area (Å²) in [5.74, 6) is -0.0102. The molecular formula is C22H29N5O5S. The second-order valence-electron chi connectivity index (χ2n) is 9.47. The first-order chi connectivity index (χ1) is 15.4. The van der Waals surface area contributed by atoms with E-state index >= 15 is 0 Å². The molecule has 0 saturated heterocycles. The van der Waals surface area contributed by atoms with Crippen LogP contribution in [0.3, 0.4) is 0 Å². The SMILES string of the molecule is CC(C)(C)c1cccc(-c2cc3nccc(N[C@@H]4C[C@H](COS(N)(=O)=O)[C@@H](O)[C@H]4O)n3n2)c1. The summed E-state index contributed by atoms with van der Waals surface area (Å²) in [6.45, 7) is 6.16. The molecule has 2 heterocycles. The molecule has 178 valence electrons. The number of fused-ring (bicyclic) bond motifs is 1. The Balaban J connectivity index is 1.58. The van der Waals surface area contributed by atoms with Crippen molar-refractivity contribution in [2.24, 2.45) is 11.1 Å². The van der Waals surface area contributed by atoms with Crippen LogP contribution >= 0.6 is 0 Å². The fourth-order valence-corrected chi connectivity index (χ4v) is 4.46. The van der Waals surface area contributed by atoms with E-state index in [9.17, 15) is 18.6 Å². The molecule has 10 nitrogen and oxygen atoms in total. The lowest BCUT2D eigenvalue weighted by molar-refractivity contribution is 0.00777. The summed E-state index contributed by atoms with van der Waals surface area (Å²) in [6, 6.07) is 11.3. The lowest BCUT2D eigenvalue weighted by Crippen LogP contribution is -2.36. The number of anilines is 1. The van der Waals surface area contributed by atoms with Crippen molar-refractivity contribution >= 4 is 21.8 Å². The van der Waals surface area contributed by atoms with E-state index in [-0.39, 0.29) is 18.4 Å². The normalized spacial score (nSPS) is 23.8. The summed E-state index contributed by atoms with van der Waals surface area (Å²) in [6.07, 6.45) is -0.368. The van der Waals surface area contributed by atoms with Crippen molar-refractivity contribution < 1.29 is 22.8 Å². The second kappa shape index (κ2) is 8.65. The van der Waals surface area contributed by atoms with Crippen LogP contribution in [0, 0.1) is 5.92 Å². The van der Waals surface area contributed by atoms with Gasteiger partial charge in [-0.1, -0.05) is 39.0 Å². The molecule has 2 aromatic heterocycles. The predicted octanol–water partition coefficient (Wildman–Crippen LogP) is 1.44. The van der Waals surface area contributed by atoms with Gasteiger partial charge in [-0.2, -0.15) is 18.0 Å². The molecule has 0 bridgehead atoms. The number of nitrogens with one attached hydrogen (secondary N) is 1. The van der Waals surface area contributed by atoms with Crippen LogP contribution in [0.4, 0.5) is 5.82 Å². The smallest absolute Gasteiger partial charge is 0.333 e. The molecule has 33 heavy (non-hydrogen) atoms. The lowest BCUT2D eigenvalue weighted by Gasteiger charge is -2.19. The zero-order chi connectivity index (χ0) is 24.0.